The van der Waals surface area contributed by atoms with Crippen molar-refractivity contribution in [3.63, 3.8) is 0 Å². The summed E-state index contributed by atoms with van der Waals surface area (Å²) in [5.74, 6) is 0.881. The first-order valence-corrected chi connectivity index (χ1v) is 5.87. The highest BCUT2D eigenvalue weighted by atomic mass is 16.5. The maximum absolute atomic E-state index is 11.4. The number of carbonyl (C=O) groups excluding carboxylic acids is 1. The Hall–Kier alpha value is -2.33. The standard InChI is InChI=1S/C15H15NO3/c1-18-15(17)14(16)11-6-5-9-13(10-11)19-12-7-3-2-4-8-12/h2-10,14H,16H2,1H3. The van der Waals surface area contributed by atoms with Crippen molar-refractivity contribution in [2.24, 2.45) is 5.73 Å². The van der Waals surface area contributed by atoms with Crippen LogP contribution in [0.3, 0.4) is 0 Å². The molecule has 2 N–H and O–H groups in total. The summed E-state index contributed by atoms with van der Waals surface area (Å²) in [6.45, 7) is 0. The zero-order valence-corrected chi connectivity index (χ0v) is 10.6. The van der Waals surface area contributed by atoms with Gasteiger partial charge in [-0.25, -0.2) is 0 Å². The van der Waals surface area contributed by atoms with E-state index in [1.807, 2.05) is 30.3 Å². The van der Waals surface area contributed by atoms with Crippen LogP contribution in [0.5, 0.6) is 11.5 Å². The topological polar surface area (TPSA) is 61.5 Å². The Labute approximate surface area is 111 Å². The molecule has 0 saturated carbocycles. The molecule has 2 aromatic carbocycles. The molecular weight excluding hydrogens is 242 g/mol. The zero-order chi connectivity index (χ0) is 13.7. The van der Waals surface area contributed by atoms with Gasteiger partial charge in [-0.05, 0) is 29.8 Å². The van der Waals surface area contributed by atoms with E-state index < -0.39 is 12.0 Å². The minimum Gasteiger partial charge on any atom is -0.468 e. The Morgan fingerprint density at radius 1 is 1.05 bits per heavy atom. The van der Waals surface area contributed by atoms with Gasteiger partial charge >= 0.3 is 5.97 Å². The third kappa shape index (κ3) is 3.33. The normalized spacial score (nSPS) is 11.7. The largest absolute Gasteiger partial charge is 0.468 e. The molecule has 0 aliphatic rings. The molecule has 0 fully saturated rings. The summed E-state index contributed by atoms with van der Waals surface area (Å²) in [7, 11) is 1.31. The second-order valence-corrected chi connectivity index (χ2v) is 3.99. The number of carbonyl (C=O) groups is 1. The van der Waals surface area contributed by atoms with Gasteiger partial charge < -0.3 is 15.2 Å². The number of rotatable bonds is 4. The van der Waals surface area contributed by atoms with Crippen molar-refractivity contribution < 1.29 is 14.3 Å². The lowest BCUT2D eigenvalue weighted by Crippen LogP contribution is -2.22. The van der Waals surface area contributed by atoms with Gasteiger partial charge in [-0.2, -0.15) is 0 Å². The zero-order valence-electron chi connectivity index (χ0n) is 10.6. The van der Waals surface area contributed by atoms with Gasteiger partial charge in [0.1, 0.15) is 17.5 Å². The quantitative estimate of drug-likeness (QED) is 0.855. The van der Waals surface area contributed by atoms with Crippen LogP contribution >= 0.6 is 0 Å². The van der Waals surface area contributed by atoms with E-state index in [0.717, 1.165) is 5.75 Å². The van der Waals surface area contributed by atoms with Gasteiger partial charge in [-0.3, -0.25) is 4.79 Å². The molecule has 0 spiro atoms. The first-order chi connectivity index (χ1) is 9.20. The van der Waals surface area contributed by atoms with Crippen LogP contribution in [-0.2, 0) is 9.53 Å². The molecule has 0 saturated heterocycles. The fourth-order valence-electron chi connectivity index (χ4n) is 1.66. The molecule has 0 radical (unpaired) electrons. The van der Waals surface area contributed by atoms with Gasteiger partial charge in [-0.15, -0.1) is 0 Å². The molecular formula is C15H15NO3. The Balaban J connectivity index is 2.18. The highest BCUT2D eigenvalue weighted by molar-refractivity contribution is 5.77. The van der Waals surface area contributed by atoms with E-state index in [4.69, 9.17) is 10.5 Å². The van der Waals surface area contributed by atoms with Crippen LogP contribution in [0.1, 0.15) is 11.6 Å². The summed E-state index contributed by atoms with van der Waals surface area (Å²) in [4.78, 5) is 11.4. The number of methoxy groups -OCH3 is 1. The molecule has 2 aromatic rings. The first kappa shape index (κ1) is 13.1. The van der Waals surface area contributed by atoms with E-state index >= 15 is 0 Å². The van der Waals surface area contributed by atoms with Crippen molar-refractivity contribution in [3.8, 4) is 11.5 Å². The third-order valence-electron chi connectivity index (χ3n) is 2.65. The predicted molar refractivity (Wildman–Crippen MR) is 71.9 cm³/mol. The number of ether oxygens (including phenoxy) is 2. The molecule has 0 aliphatic heterocycles. The van der Waals surface area contributed by atoms with Crippen molar-refractivity contribution in [2.75, 3.05) is 7.11 Å². The van der Waals surface area contributed by atoms with E-state index in [2.05, 4.69) is 4.74 Å². The predicted octanol–water partition coefficient (Wildman–Crippen LogP) is 2.65. The molecule has 1 atom stereocenters. The second-order valence-electron chi connectivity index (χ2n) is 3.99. The van der Waals surface area contributed by atoms with E-state index in [0.29, 0.717) is 11.3 Å². The average molecular weight is 257 g/mol. The first-order valence-electron chi connectivity index (χ1n) is 5.87. The molecule has 4 nitrogen and oxygen atoms in total. The lowest BCUT2D eigenvalue weighted by molar-refractivity contribution is -0.142. The SMILES string of the molecule is COC(=O)C(N)c1cccc(Oc2ccccc2)c1. The number of hydrogen-bond donors (Lipinski definition) is 1. The van der Waals surface area contributed by atoms with Gasteiger partial charge in [0, 0.05) is 0 Å². The van der Waals surface area contributed by atoms with Crippen molar-refractivity contribution in [1.29, 1.82) is 0 Å². The van der Waals surface area contributed by atoms with Gasteiger partial charge in [0.05, 0.1) is 7.11 Å². The van der Waals surface area contributed by atoms with Crippen LogP contribution in [-0.4, -0.2) is 13.1 Å². The van der Waals surface area contributed by atoms with Gasteiger partial charge in [0.15, 0.2) is 0 Å². The monoisotopic (exact) mass is 257 g/mol. The number of benzene rings is 2. The second kappa shape index (κ2) is 6.02. The molecule has 0 aliphatic carbocycles. The summed E-state index contributed by atoms with van der Waals surface area (Å²) in [5.41, 5.74) is 6.43. The van der Waals surface area contributed by atoms with Gasteiger partial charge in [0.25, 0.3) is 0 Å². The third-order valence-corrected chi connectivity index (χ3v) is 2.65. The molecule has 4 heteroatoms. The Morgan fingerprint density at radius 3 is 2.42 bits per heavy atom. The summed E-state index contributed by atoms with van der Waals surface area (Å²) in [5, 5.41) is 0. The molecule has 0 aromatic heterocycles. The van der Waals surface area contributed by atoms with E-state index in [1.54, 1.807) is 24.3 Å². The Kier molecular flexibility index (Phi) is 4.15. The van der Waals surface area contributed by atoms with E-state index in [9.17, 15) is 4.79 Å². The van der Waals surface area contributed by atoms with Crippen molar-refractivity contribution in [2.45, 2.75) is 6.04 Å². The minimum absolute atomic E-state index is 0.475. The Morgan fingerprint density at radius 2 is 1.74 bits per heavy atom. The van der Waals surface area contributed by atoms with E-state index in [-0.39, 0.29) is 0 Å². The fourth-order valence-corrected chi connectivity index (χ4v) is 1.66. The smallest absolute Gasteiger partial charge is 0.327 e. The molecule has 0 heterocycles. The van der Waals surface area contributed by atoms with Crippen LogP contribution < -0.4 is 10.5 Å². The van der Waals surface area contributed by atoms with Crippen LogP contribution in [0, 0.1) is 0 Å². The van der Waals surface area contributed by atoms with Crippen LogP contribution in [0.4, 0.5) is 0 Å². The maximum Gasteiger partial charge on any atom is 0.327 e. The minimum atomic E-state index is -0.802. The molecule has 0 bridgehead atoms. The van der Waals surface area contributed by atoms with Crippen molar-refractivity contribution in [3.05, 3.63) is 60.2 Å². The lowest BCUT2D eigenvalue weighted by atomic mass is 10.1. The molecule has 19 heavy (non-hydrogen) atoms. The average Bonchev–Trinajstić information content (AvgIpc) is 2.47. The number of esters is 1. The number of nitrogens with two attached hydrogens (primary N) is 1. The summed E-state index contributed by atoms with van der Waals surface area (Å²) >= 11 is 0. The summed E-state index contributed by atoms with van der Waals surface area (Å²) < 4.78 is 10.3. The summed E-state index contributed by atoms with van der Waals surface area (Å²) in [6, 6.07) is 15.7. The number of para-hydroxylation sites is 1. The fraction of sp³-hybridized carbons (Fsp3) is 0.133. The highest BCUT2D eigenvalue weighted by Gasteiger charge is 2.16. The number of hydrogen-bond acceptors (Lipinski definition) is 4. The van der Waals surface area contributed by atoms with Crippen LogP contribution in [0.2, 0.25) is 0 Å². The molecule has 1 unspecified atom stereocenters. The molecule has 2 rings (SSSR count). The molecule has 98 valence electrons. The summed E-state index contributed by atoms with van der Waals surface area (Å²) in [6.07, 6.45) is 0. The van der Waals surface area contributed by atoms with Crippen molar-refractivity contribution >= 4 is 5.97 Å². The van der Waals surface area contributed by atoms with Crippen LogP contribution in [0.25, 0.3) is 0 Å². The molecule has 0 amide bonds. The van der Waals surface area contributed by atoms with E-state index in [1.165, 1.54) is 7.11 Å². The lowest BCUT2D eigenvalue weighted by Gasteiger charge is -2.11. The maximum atomic E-state index is 11.4. The van der Waals surface area contributed by atoms with Crippen LogP contribution in [0.15, 0.2) is 54.6 Å². The Bertz CT molecular complexity index is 554. The van der Waals surface area contributed by atoms with Gasteiger partial charge in [-0.1, -0.05) is 30.3 Å². The van der Waals surface area contributed by atoms with Crippen molar-refractivity contribution in [1.82, 2.24) is 0 Å². The van der Waals surface area contributed by atoms with Gasteiger partial charge in [0.2, 0.25) is 0 Å². The highest BCUT2D eigenvalue weighted by Crippen LogP contribution is 2.24.